The number of carbonyl (C=O) groups is 1. The van der Waals surface area contributed by atoms with E-state index in [0.717, 1.165) is 0 Å². The Bertz CT molecular complexity index is 692. The first-order valence-electron chi connectivity index (χ1n) is 5.41. The summed E-state index contributed by atoms with van der Waals surface area (Å²) in [6, 6.07) is 2.99. The number of hydrogen-bond donors (Lipinski definition) is 2. The van der Waals surface area contributed by atoms with Gasteiger partial charge in [-0.15, -0.1) is 0 Å². The second-order valence-corrected chi connectivity index (χ2v) is 5.60. The molecular weight excluding hydrogens is 313 g/mol. The fourth-order valence-electron chi connectivity index (χ4n) is 1.40. The second kappa shape index (κ2) is 6.11. The third kappa shape index (κ3) is 4.44. The van der Waals surface area contributed by atoms with E-state index in [0.29, 0.717) is 18.2 Å². The van der Waals surface area contributed by atoms with Gasteiger partial charge in [-0.2, -0.15) is 18.4 Å². The number of nitrogens with zero attached hydrogens (tertiary/aromatic N) is 1. The smallest absolute Gasteiger partial charge is 0.416 e. The van der Waals surface area contributed by atoms with Crippen molar-refractivity contribution in [2.24, 2.45) is 0 Å². The van der Waals surface area contributed by atoms with Gasteiger partial charge < -0.3 is 5.11 Å². The van der Waals surface area contributed by atoms with Crippen molar-refractivity contribution in [3.8, 4) is 6.07 Å². The Labute approximate surface area is 117 Å². The Morgan fingerprint density at radius 1 is 1.38 bits per heavy atom. The molecule has 2 N–H and O–H groups in total. The quantitative estimate of drug-likeness (QED) is 0.850. The number of nitrogens with one attached hydrogen (secondary N) is 1. The predicted molar refractivity (Wildman–Crippen MR) is 63.6 cm³/mol. The Kier molecular flexibility index (Phi) is 4.93. The molecule has 1 aromatic rings. The lowest BCUT2D eigenvalue weighted by Crippen LogP contribution is -2.27. The number of aliphatic carboxylic acids is 1. The highest BCUT2D eigenvalue weighted by Gasteiger charge is 2.32. The van der Waals surface area contributed by atoms with Gasteiger partial charge in [-0.25, -0.2) is 13.1 Å². The minimum Gasteiger partial charge on any atom is -0.481 e. The van der Waals surface area contributed by atoms with Gasteiger partial charge >= 0.3 is 12.1 Å². The summed E-state index contributed by atoms with van der Waals surface area (Å²) in [7, 11) is -4.26. The summed E-state index contributed by atoms with van der Waals surface area (Å²) >= 11 is 0. The molecule has 0 atom stereocenters. The SMILES string of the molecule is N#Cc1cc(C(F)(F)F)ccc1S(=O)(=O)NCCC(=O)O. The summed E-state index contributed by atoms with van der Waals surface area (Å²) < 4.78 is 63.0. The van der Waals surface area contributed by atoms with Crippen molar-refractivity contribution in [2.75, 3.05) is 6.54 Å². The van der Waals surface area contributed by atoms with E-state index < -0.39 is 51.2 Å². The van der Waals surface area contributed by atoms with E-state index in [4.69, 9.17) is 10.4 Å². The van der Waals surface area contributed by atoms with Gasteiger partial charge in [0.25, 0.3) is 0 Å². The first-order valence-corrected chi connectivity index (χ1v) is 6.89. The first-order chi connectivity index (χ1) is 9.58. The molecule has 0 radical (unpaired) electrons. The van der Waals surface area contributed by atoms with Crippen molar-refractivity contribution >= 4 is 16.0 Å². The highest BCUT2D eigenvalue weighted by Crippen LogP contribution is 2.31. The van der Waals surface area contributed by atoms with E-state index in [1.54, 1.807) is 0 Å². The minimum absolute atomic E-state index is 0.422. The maximum atomic E-state index is 12.5. The van der Waals surface area contributed by atoms with Crippen LogP contribution < -0.4 is 4.72 Å². The van der Waals surface area contributed by atoms with Crippen LogP contribution in [0.4, 0.5) is 13.2 Å². The molecule has 0 spiro atoms. The molecule has 10 heteroatoms. The van der Waals surface area contributed by atoms with E-state index >= 15 is 0 Å². The molecule has 0 aliphatic carbocycles. The van der Waals surface area contributed by atoms with Gasteiger partial charge in [-0.05, 0) is 18.2 Å². The van der Waals surface area contributed by atoms with E-state index in [1.807, 2.05) is 4.72 Å². The fourth-order valence-corrected chi connectivity index (χ4v) is 2.57. The molecule has 1 rings (SSSR count). The number of alkyl halides is 3. The van der Waals surface area contributed by atoms with Crippen molar-refractivity contribution in [3.63, 3.8) is 0 Å². The summed E-state index contributed by atoms with van der Waals surface area (Å²) in [5.74, 6) is -1.24. The van der Waals surface area contributed by atoms with Crippen LogP contribution in [-0.4, -0.2) is 26.0 Å². The number of hydrogen-bond acceptors (Lipinski definition) is 4. The second-order valence-electron chi connectivity index (χ2n) is 3.86. The van der Waals surface area contributed by atoms with Crippen molar-refractivity contribution in [2.45, 2.75) is 17.5 Å². The highest BCUT2D eigenvalue weighted by molar-refractivity contribution is 7.89. The van der Waals surface area contributed by atoms with Crippen molar-refractivity contribution in [3.05, 3.63) is 29.3 Å². The predicted octanol–water partition coefficient (Wildman–Crippen LogP) is 1.33. The lowest BCUT2D eigenvalue weighted by Gasteiger charge is -2.10. The van der Waals surface area contributed by atoms with Crippen LogP contribution in [0.2, 0.25) is 0 Å². The maximum Gasteiger partial charge on any atom is 0.416 e. The van der Waals surface area contributed by atoms with E-state index in [-0.39, 0.29) is 0 Å². The van der Waals surface area contributed by atoms with Crippen LogP contribution in [0.3, 0.4) is 0 Å². The van der Waals surface area contributed by atoms with Gasteiger partial charge in [0.15, 0.2) is 0 Å². The van der Waals surface area contributed by atoms with Crippen LogP contribution in [0, 0.1) is 11.3 Å². The van der Waals surface area contributed by atoms with E-state index in [2.05, 4.69) is 0 Å². The monoisotopic (exact) mass is 322 g/mol. The third-order valence-electron chi connectivity index (χ3n) is 2.35. The molecule has 1 aromatic carbocycles. The average Bonchev–Trinajstić information content (AvgIpc) is 2.36. The summed E-state index contributed by atoms with van der Waals surface area (Å²) in [4.78, 5) is 9.65. The van der Waals surface area contributed by atoms with E-state index in [9.17, 15) is 26.4 Å². The standard InChI is InChI=1S/C11H9F3N2O4S/c12-11(13,14)8-1-2-9(7(5-8)6-15)21(19,20)16-4-3-10(17)18/h1-2,5,16H,3-4H2,(H,17,18). The molecule has 0 amide bonds. The Hall–Kier alpha value is -2.12. The number of nitriles is 1. The molecule has 0 saturated carbocycles. The molecule has 0 heterocycles. The Morgan fingerprint density at radius 2 is 2.00 bits per heavy atom. The van der Waals surface area contributed by atoms with Crippen molar-refractivity contribution in [1.29, 1.82) is 5.26 Å². The summed E-state index contributed by atoms with van der Waals surface area (Å²) in [6.45, 7) is -0.441. The Morgan fingerprint density at radius 3 is 2.48 bits per heavy atom. The Balaban J connectivity index is 3.13. The molecule has 0 bridgehead atoms. The van der Waals surface area contributed by atoms with Gasteiger partial charge in [0, 0.05) is 6.54 Å². The number of carboxylic acids is 1. The zero-order valence-corrected chi connectivity index (χ0v) is 11.1. The molecule has 0 aliphatic heterocycles. The number of benzene rings is 1. The van der Waals surface area contributed by atoms with Crippen LogP contribution in [0.1, 0.15) is 17.5 Å². The van der Waals surface area contributed by atoms with Crippen molar-refractivity contribution < 1.29 is 31.5 Å². The molecule has 0 fully saturated rings. The molecule has 0 aromatic heterocycles. The van der Waals surface area contributed by atoms with Crippen LogP contribution in [-0.2, 0) is 21.0 Å². The van der Waals surface area contributed by atoms with Crippen LogP contribution in [0.25, 0.3) is 0 Å². The lowest BCUT2D eigenvalue weighted by molar-refractivity contribution is -0.138. The largest absolute Gasteiger partial charge is 0.481 e. The third-order valence-corrected chi connectivity index (χ3v) is 3.87. The summed E-state index contributed by atoms with van der Waals surface area (Å²) in [5.41, 5.74) is -1.82. The van der Waals surface area contributed by atoms with Crippen molar-refractivity contribution in [1.82, 2.24) is 4.72 Å². The molecule has 0 aliphatic rings. The van der Waals surface area contributed by atoms with Gasteiger partial charge in [0.2, 0.25) is 10.0 Å². The van der Waals surface area contributed by atoms with Gasteiger partial charge in [0.05, 0.1) is 22.4 Å². The van der Waals surface area contributed by atoms with Crippen LogP contribution >= 0.6 is 0 Å². The number of carboxylic acid groups (broad SMARTS) is 1. The lowest BCUT2D eigenvalue weighted by atomic mass is 10.1. The zero-order valence-electron chi connectivity index (χ0n) is 10.3. The topological polar surface area (TPSA) is 107 Å². The summed E-state index contributed by atoms with van der Waals surface area (Å²) in [6.07, 6.45) is -5.20. The molecule has 21 heavy (non-hydrogen) atoms. The molecular formula is C11H9F3N2O4S. The van der Waals surface area contributed by atoms with Crippen LogP contribution in [0.15, 0.2) is 23.1 Å². The highest BCUT2D eigenvalue weighted by atomic mass is 32.2. The molecule has 0 unspecified atom stereocenters. The zero-order chi connectivity index (χ0) is 16.3. The number of sulfonamides is 1. The first kappa shape index (κ1) is 16.9. The van der Waals surface area contributed by atoms with Gasteiger partial charge in [-0.3, -0.25) is 4.79 Å². The molecule has 6 nitrogen and oxygen atoms in total. The van der Waals surface area contributed by atoms with Gasteiger partial charge in [-0.1, -0.05) is 0 Å². The van der Waals surface area contributed by atoms with Gasteiger partial charge in [0.1, 0.15) is 6.07 Å². The molecule has 0 saturated heterocycles. The number of rotatable bonds is 5. The summed E-state index contributed by atoms with van der Waals surface area (Å²) in [5, 5.41) is 17.2. The fraction of sp³-hybridized carbons (Fsp3) is 0.273. The minimum atomic E-state index is -4.70. The normalized spacial score (nSPS) is 11.9. The average molecular weight is 322 g/mol. The van der Waals surface area contributed by atoms with E-state index in [1.165, 1.54) is 6.07 Å². The number of halogens is 3. The maximum absolute atomic E-state index is 12.5. The van der Waals surface area contributed by atoms with Crippen LogP contribution in [0.5, 0.6) is 0 Å². The molecule has 114 valence electrons.